The molecule has 0 spiro atoms. The number of aliphatic hydroxyl groups is 1. The molecule has 7 heterocycles. The van der Waals surface area contributed by atoms with Crippen molar-refractivity contribution in [2.24, 2.45) is 5.73 Å². The third-order valence-corrected chi connectivity index (χ3v) is 12.9. The standard InChI is InChI=1S/C46H62N8O7/c1-8-31-26(2)33-25-38-40(30(6)61-22-21-59-18-11-47)28(4)35(49-38)23-34-27(3)32(9-10-39(56)52(7)14-17-55)43(50-34)42-44-41(29(5)36(51-44)24-37(31)48-33)45(57)54(46(42)58)13-12-53-15-19-60-20-16-53/h23-25,27,30,32,50-51,55H,8-22,47H2,1-7H3/t27-,30?,32-/m0/s1. The number of ether oxygens (including phenoxy) is 3. The van der Waals surface area contributed by atoms with Crippen molar-refractivity contribution in [1.82, 2.24) is 34.6 Å². The number of amides is 3. The number of aromatic nitrogens is 4. The van der Waals surface area contributed by atoms with Crippen molar-refractivity contribution in [2.75, 3.05) is 86.0 Å². The molecule has 7 rings (SSSR count). The number of allylic oxidation sites excluding steroid dienone is 3. The van der Waals surface area contributed by atoms with Crippen LogP contribution in [-0.2, 0) is 19.0 Å². The topological polar surface area (TPSA) is 192 Å². The third kappa shape index (κ3) is 8.82. The average Bonchev–Trinajstić information content (AvgIpc) is 3.93. The van der Waals surface area contributed by atoms with Gasteiger partial charge < -0.3 is 39.9 Å². The summed E-state index contributed by atoms with van der Waals surface area (Å²) in [5.74, 6) is -1.28. The lowest BCUT2D eigenvalue weighted by Crippen LogP contribution is -2.47. The summed E-state index contributed by atoms with van der Waals surface area (Å²) in [6, 6.07) is 6.08. The monoisotopic (exact) mass is 838 g/mol. The van der Waals surface area contributed by atoms with Gasteiger partial charge in [0.05, 0.1) is 85.2 Å². The Kier molecular flexibility index (Phi) is 13.9. The molecule has 3 amide bonds. The Labute approximate surface area is 358 Å². The highest BCUT2D eigenvalue weighted by atomic mass is 16.5. The van der Waals surface area contributed by atoms with Gasteiger partial charge in [-0.15, -0.1) is 0 Å². The molecule has 0 aromatic carbocycles. The molecule has 2 aromatic rings. The number of aliphatic hydroxyl groups excluding tert-OH is 1. The second-order valence-corrected chi connectivity index (χ2v) is 16.6. The molecular formula is C46H62N8O7. The van der Waals surface area contributed by atoms with E-state index in [-0.39, 0.29) is 61.8 Å². The van der Waals surface area contributed by atoms with Crippen LogP contribution in [0, 0.1) is 6.92 Å². The van der Waals surface area contributed by atoms with E-state index >= 15 is 4.79 Å². The van der Waals surface area contributed by atoms with E-state index in [4.69, 9.17) is 29.9 Å². The van der Waals surface area contributed by atoms with E-state index in [2.05, 4.69) is 42.6 Å². The molecule has 1 unspecified atom stereocenters. The fraction of sp³-hybridized carbons (Fsp3) is 0.543. The van der Waals surface area contributed by atoms with Crippen LogP contribution in [0.3, 0.4) is 0 Å². The summed E-state index contributed by atoms with van der Waals surface area (Å²) >= 11 is 0. The number of H-pyrrole nitrogens is 2. The number of nitrogens with two attached hydrogens (primary N) is 1. The quantitative estimate of drug-likeness (QED) is 0.131. The summed E-state index contributed by atoms with van der Waals surface area (Å²) in [5.41, 5.74) is 17.0. The van der Waals surface area contributed by atoms with Crippen molar-refractivity contribution in [2.45, 2.75) is 78.7 Å². The summed E-state index contributed by atoms with van der Waals surface area (Å²) in [6.45, 7) is 17.5. The van der Waals surface area contributed by atoms with Crippen LogP contribution in [0.5, 0.6) is 0 Å². The second kappa shape index (κ2) is 19.1. The molecule has 5 N–H and O–H groups in total. The first kappa shape index (κ1) is 44.3. The van der Waals surface area contributed by atoms with Gasteiger partial charge in [-0.2, -0.15) is 0 Å². The molecule has 15 heteroatoms. The molecule has 0 saturated carbocycles. The number of morpholine rings is 1. The third-order valence-electron chi connectivity index (χ3n) is 12.9. The number of carbonyl (C=O) groups excluding carboxylic acids is 3. The Morgan fingerprint density at radius 2 is 1.70 bits per heavy atom. The molecule has 3 atom stereocenters. The number of aryl methyl sites for hydroxylation is 1. The number of likely N-dealkylation sites (N-methyl/N-ethyl adjacent to an activating group) is 1. The molecule has 1 saturated heterocycles. The van der Waals surface area contributed by atoms with Gasteiger partial charge in [-0.25, -0.2) is 9.97 Å². The second-order valence-electron chi connectivity index (χ2n) is 16.6. The fourth-order valence-electron chi connectivity index (χ4n) is 9.25. The van der Waals surface area contributed by atoms with Gasteiger partial charge in [0.1, 0.15) is 0 Å². The molecular weight excluding hydrogens is 777 g/mol. The summed E-state index contributed by atoms with van der Waals surface area (Å²) in [6.07, 6.45) is 1.04. The summed E-state index contributed by atoms with van der Waals surface area (Å²) < 4.78 is 17.5. The van der Waals surface area contributed by atoms with Gasteiger partial charge >= 0.3 is 0 Å². The predicted molar refractivity (Wildman–Crippen MR) is 235 cm³/mol. The van der Waals surface area contributed by atoms with E-state index in [1.165, 1.54) is 9.80 Å². The van der Waals surface area contributed by atoms with Crippen LogP contribution in [-0.4, -0.2) is 150 Å². The van der Waals surface area contributed by atoms with Gasteiger partial charge in [0, 0.05) is 87.1 Å². The fourth-order valence-corrected chi connectivity index (χ4v) is 9.25. The summed E-state index contributed by atoms with van der Waals surface area (Å²) in [5, 5.41) is 9.56. The molecule has 1 fully saturated rings. The largest absolute Gasteiger partial charge is 0.395 e. The number of carbonyl (C=O) groups is 3. The maximum absolute atomic E-state index is 15.1. The van der Waals surface area contributed by atoms with Crippen LogP contribution < -0.4 is 5.73 Å². The molecule has 2 aromatic heterocycles. The number of nitrogens with one attached hydrogen (secondary N) is 2. The highest BCUT2D eigenvalue weighted by Gasteiger charge is 2.41. The van der Waals surface area contributed by atoms with Crippen molar-refractivity contribution in [3.05, 3.63) is 69.1 Å². The van der Waals surface area contributed by atoms with E-state index in [0.29, 0.717) is 80.4 Å². The Hall–Kier alpha value is -4.77. The van der Waals surface area contributed by atoms with E-state index in [0.717, 1.165) is 75.8 Å². The summed E-state index contributed by atoms with van der Waals surface area (Å²) in [7, 11) is 1.69. The number of hydrogen-bond donors (Lipinski definition) is 4. The predicted octanol–water partition coefficient (Wildman–Crippen LogP) is 5.04. The minimum absolute atomic E-state index is 0.101. The van der Waals surface area contributed by atoms with E-state index in [1.54, 1.807) is 7.05 Å². The van der Waals surface area contributed by atoms with Crippen molar-refractivity contribution in [1.29, 1.82) is 0 Å². The van der Waals surface area contributed by atoms with Crippen LogP contribution in [0.1, 0.15) is 126 Å². The molecule has 0 radical (unpaired) electrons. The normalized spacial score (nSPS) is 19.3. The molecule has 328 valence electrons. The smallest absolute Gasteiger partial charge is 0.264 e. The van der Waals surface area contributed by atoms with Gasteiger partial charge in [-0.3, -0.25) is 24.2 Å². The minimum Gasteiger partial charge on any atom is -0.395 e. The van der Waals surface area contributed by atoms with Crippen LogP contribution in [0.2, 0.25) is 0 Å². The highest BCUT2D eigenvalue weighted by molar-refractivity contribution is 6.23. The Bertz CT molecular complexity index is 2300. The number of aromatic amines is 2. The van der Waals surface area contributed by atoms with Crippen LogP contribution in [0.4, 0.5) is 0 Å². The van der Waals surface area contributed by atoms with Crippen molar-refractivity contribution in [3.63, 3.8) is 0 Å². The minimum atomic E-state index is -0.383. The first-order valence-electron chi connectivity index (χ1n) is 21.8. The first-order valence-corrected chi connectivity index (χ1v) is 21.8. The lowest BCUT2D eigenvalue weighted by molar-refractivity contribution is -0.130. The number of rotatable bonds is 16. The molecule has 5 aliphatic heterocycles. The molecule has 5 aliphatic rings. The lowest BCUT2D eigenvalue weighted by Gasteiger charge is -2.31. The SMILES string of the molecule is CCC1=C(C)c2cc3nc(cc4[nH]c(c5c6[nH]c(cc1n2)c(C)c6C(=O)N(CCN1CCOCC1)C5=O)[C@@H](CCC(=O)N(C)CCO)[C@@H]4C)C(C)=C3C(C)OCCOCCN. The van der Waals surface area contributed by atoms with Crippen LogP contribution >= 0.6 is 0 Å². The van der Waals surface area contributed by atoms with Crippen LogP contribution in [0.25, 0.3) is 33.3 Å². The zero-order valence-electron chi connectivity index (χ0n) is 36.8. The zero-order valence-corrected chi connectivity index (χ0v) is 36.8. The van der Waals surface area contributed by atoms with Gasteiger partial charge in [-0.05, 0) is 81.0 Å². The number of hydrogen-bond acceptors (Lipinski definition) is 11. The zero-order chi connectivity index (χ0) is 43.5. The van der Waals surface area contributed by atoms with Gasteiger partial charge in [0.2, 0.25) is 5.91 Å². The lowest BCUT2D eigenvalue weighted by atomic mass is 9.84. The number of nitrogens with zero attached hydrogens (tertiary/aromatic N) is 5. The van der Waals surface area contributed by atoms with E-state index in [1.807, 2.05) is 32.0 Å². The van der Waals surface area contributed by atoms with Gasteiger partial charge in [-0.1, -0.05) is 13.8 Å². The van der Waals surface area contributed by atoms with E-state index < -0.39 is 0 Å². The van der Waals surface area contributed by atoms with Gasteiger partial charge in [0.25, 0.3) is 11.8 Å². The molecule has 15 nitrogen and oxygen atoms in total. The van der Waals surface area contributed by atoms with E-state index in [9.17, 15) is 14.7 Å². The van der Waals surface area contributed by atoms with Gasteiger partial charge in [0.15, 0.2) is 0 Å². The van der Waals surface area contributed by atoms with Crippen LogP contribution in [0.15, 0.2) is 18.2 Å². The average molecular weight is 839 g/mol. The Morgan fingerprint density at radius 1 is 0.984 bits per heavy atom. The maximum atomic E-state index is 15.1. The Balaban J connectivity index is 1.47. The molecule has 8 bridgehead atoms. The maximum Gasteiger partial charge on any atom is 0.264 e. The number of imide groups is 1. The highest BCUT2D eigenvalue weighted by Crippen LogP contribution is 2.45. The molecule has 61 heavy (non-hydrogen) atoms. The first-order chi connectivity index (χ1) is 29.4. The van der Waals surface area contributed by atoms with Crippen molar-refractivity contribution < 1.29 is 33.7 Å². The Morgan fingerprint density at radius 3 is 2.43 bits per heavy atom. The summed E-state index contributed by atoms with van der Waals surface area (Å²) in [4.78, 5) is 65.9. The molecule has 0 aliphatic carbocycles. The van der Waals surface area contributed by atoms with Crippen molar-refractivity contribution in [3.8, 4) is 0 Å². The van der Waals surface area contributed by atoms with Crippen molar-refractivity contribution >= 4 is 51.0 Å². The number of fused-ring (bicyclic) bond motifs is 8.